The molecule has 0 aliphatic carbocycles. The molecule has 3 heteroatoms. The number of fused-ring (bicyclic) bond motifs is 1. The zero-order valence-electron chi connectivity index (χ0n) is 10.9. The smallest absolute Gasteiger partial charge is 0.123 e. The van der Waals surface area contributed by atoms with Gasteiger partial charge in [-0.1, -0.05) is 30.3 Å². The molecule has 0 saturated carbocycles. The van der Waals surface area contributed by atoms with Crippen LogP contribution in [0.25, 0.3) is 10.1 Å². The van der Waals surface area contributed by atoms with E-state index >= 15 is 0 Å². The zero-order valence-corrected chi connectivity index (χ0v) is 11.7. The highest BCUT2D eigenvalue weighted by atomic mass is 32.1. The van der Waals surface area contributed by atoms with Crippen molar-refractivity contribution in [3.8, 4) is 0 Å². The van der Waals surface area contributed by atoms with Crippen molar-refractivity contribution in [3.63, 3.8) is 0 Å². The summed E-state index contributed by atoms with van der Waals surface area (Å²) >= 11 is 1.69. The molecule has 0 bridgehead atoms. The lowest BCUT2D eigenvalue weighted by Gasteiger charge is -2.10. The lowest BCUT2D eigenvalue weighted by atomic mass is 10.0. The van der Waals surface area contributed by atoms with E-state index in [1.165, 1.54) is 22.2 Å². The highest BCUT2D eigenvalue weighted by Crippen LogP contribution is 2.27. The number of benzene rings is 2. The summed E-state index contributed by atoms with van der Waals surface area (Å²) in [5, 5.41) is 13.5. The van der Waals surface area contributed by atoms with Gasteiger partial charge in [-0.3, -0.25) is 0 Å². The standard InChI is InChI=1S/C17H15FOS/c18-14-5-3-4-12(8-14)9-15(19)10-13-11-20-17-7-2-1-6-16(13)17/h1-8,11,15,19H,9-10H2. The molecule has 3 rings (SSSR count). The molecule has 20 heavy (non-hydrogen) atoms. The van der Waals surface area contributed by atoms with Gasteiger partial charge in [0.25, 0.3) is 0 Å². The van der Waals surface area contributed by atoms with Crippen molar-refractivity contribution in [3.05, 3.63) is 70.9 Å². The monoisotopic (exact) mass is 286 g/mol. The van der Waals surface area contributed by atoms with Gasteiger partial charge in [0.15, 0.2) is 0 Å². The molecule has 0 saturated heterocycles. The molecule has 0 aliphatic rings. The summed E-state index contributed by atoms with van der Waals surface area (Å²) in [7, 11) is 0. The molecule has 1 N–H and O–H groups in total. The van der Waals surface area contributed by atoms with Crippen LogP contribution in [0.1, 0.15) is 11.1 Å². The Labute approximate surface area is 121 Å². The average molecular weight is 286 g/mol. The number of aliphatic hydroxyl groups is 1. The molecule has 3 aromatic rings. The lowest BCUT2D eigenvalue weighted by molar-refractivity contribution is 0.176. The quantitative estimate of drug-likeness (QED) is 0.762. The van der Waals surface area contributed by atoms with E-state index in [0.29, 0.717) is 12.8 Å². The van der Waals surface area contributed by atoms with Gasteiger partial charge < -0.3 is 5.11 Å². The SMILES string of the molecule is OC(Cc1cccc(F)c1)Cc1csc2ccccc12. The summed E-state index contributed by atoms with van der Waals surface area (Å²) in [6.45, 7) is 0. The second-order valence-corrected chi connectivity index (χ2v) is 5.86. The fraction of sp³-hybridized carbons (Fsp3) is 0.176. The predicted octanol–water partition coefficient (Wildman–Crippen LogP) is 4.19. The molecule has 2 aromatic carbocycles. The molecule has 0 radical (unpaired) electrons. The van der Waals surface area contributed by atoms with Gasteiger partial charge in [0.05, 0.1) is 6.10 Å². The maximum Gasteiger partial charge on any atom is 0.123 e. The van der Waals surface area contributed by atoms with E-state index in [2.05, 4.69) is 17.5 Å². The van der Waals surface area contributed by atoms with Crippen LogP contribution in [0.4, 0.5) is 4.39 Å². The Bertz CT molecular complexity index is 720. The summed E-state index contributed by atoms with van der Waals surface area (Å²) in [5.41, 5.74) is 1.99. The molecule has 0 aliphatic heterocycles. The third-order valence-electron chi connectivity index (χ3n) is 3.38. The van der Waals surface area contributed by atoms with Crippen LogP contribution < -0.4 is 0 Å². The highest BCUT2D eigenvalue weighted by Gasteiger charge is 2.11. The van der Waals surface area contributed by atoms with Crippen molar-refractivity contribution >= 4 is 21.4 Å². The van der Waals surface area contributed by atoms with E-state index in [-0.39, 0.29) is 5.82 Å². The molecule has 1 aromatic heterocycles. The predicted molar refractivity (Wildman–Crippen MR) is 81.6 cm³/mol. The van der Waals surface area contributed by atoms with Gasteiger partial charge in [0.2, 0.25) is 0 Å². The topological polar surface area (TPSA) is 20.2 Å². The first-order chi connectivity index (χ1) is 9.72. The third kappa shape index (κ3) is 2.89. The summed E-state index contributed by atoms with van der Waals surface area (Å²) in [6.07, 6.45) is 0.581. The van der Waals surface area contributed by atoms with E-state index < -0.39 is 6.10 Å². The van der Waals surface area contributed by atoms with Crippen LogP contribution in [0.3, 0.4) is 0 Å². The van der Waals surface area contributed by atoms with Crippen molar-refractivity contribution in [1.29, 1.82) is 0 Å². The molecule has 1 heterocycles. The molecular formula is C17H15FOS. The first-order valence-electron chi connectivity index (χ1n) is 6.60. The summed E-state index contributed by atoms with van der Waals surface area (Å²) in [6, 6.07) is 14.6. The first-order valence-corrected chi connectivity index (χ1v) is 7.48. The summed E-state index contributed by atoms with van der Waals surface area (Å²) in [4.78, 5) is 0. The van der Waals surface area contributed by atoms with E-state index in [4.69, 9.17) is 0 Å². The number of halogens is 1. The maximum absolute atomic E-state index is 13.1. The minimum atomic E-state index is -0.491. The molecule has 0 fully saturated rings. The fourth-order valence-electron chi connectivity index (χ4n) is 2.45. The van der Waals surface area contributed by atoms with Crippen LogP contribution in [-0.4, -0.2) is 11.2 Å². The Hall–Kier alpha value is -1.71. The Kier molecular flexibility index (Phi) is 3.81. The summed E-state index contributed by atoms with van der Waals surface area (Å²) in [5.74, 6) is -0.254. The average Bonchev–Trinajstić information content (AvgIpc) is 2.82. The van der Waals surface area contributed by atoms with E-state index in [9.17, 15) is 9.50 Å². The Morgan fingerprint density at radius 2 is 1.90 bits per heavy atom. The maximum atomic E-state index is 13.1. The Morgan fingerprint density at radius 1 is 1.05 bits per heavy atom. The molecule has 0 spiro atoms. The van der Waals surface area contributed by atoms with Gasteiger partial charge in [-0.25, -0.2) is 4.39 Å². The normalized spacial score (nSPS) is 12.7. The van der Waals surface area contributed by atoms with Gasteiger partial charge in [-0.2, -0.15) is 0 Å². The van der Waals surface area contributed by atoms with Gasteiger partial charge in [-0.15, -0.1) is 11.3 Å². The number of rotatable bonds is 4. The molecule has 1 unspecified atom stereocenters. The van der Waals surface area contributed by atoms with Crippen LogP contribution in [0.15, 0.2) is 53.9 Å². The fourth-order valence-corrected chi connectivity index (χ4v) is 3.43. The van der Waals surface area contributed by atoms with Gasteiger partial charge in [0, 0.05) is 11.1 Å². The van der Waals surface area contributed by atoms with Gasteiger partial charge in [0.1, 0.15) is 5.82 Å². The second-order valence-electron chi connectivity index (χ2n) is 4.95. The summed E-state index contributed by atoms with van der Waals surface area (Å²) < 4.78 is 14.4. The number of thiophene rings is 1. The number of hydrogen-bond acceptors (Lipinski definition) is 2. The van der Waals surface area contributed by atoms with Crippen molar-refractivity contribution in [1.82, 2.24) is 0 Å². The van der Waals surface area contributed by atoms with Crippen LogP contribution in [0.2, 0.25) is 0 Å². The zero-order chi connectivity index (χ0) is 13.9. The lowest BCUT2D eigenvalue weighted by Crippen LogP contribution is -2.13. The van der Waals surface area contributed by atoms with Crippen molar-refractivity contribution in [2.45, 2.75) is 18.9 Å². The van der Waals surface area contributed by atoms with Crippen LogP contribution in [0.5, 0.6) is 0 Å². The van der Waals surface area contributed by atoms with Gasteiger partial charge >= 0.3 is 0 Å². The molecule has 1 atom stereocenters. The van der Waals surface area contributed by atoms with Crippen LogP contribution in [-0.2, 0) is 12.8 Å². The first kappa shape index (κ1) is 13.3. The molecule has 1 nitrogen and oxygen atoms in total. The highest BCUT2D eigenvalue weighted by molar-refractivity contribution is 7.17. The van der Waals surface area contributed by atoms with E-state index in [1.807, 2.05) is 18.2 Å². The van der Waals surface area contributed by atoms with E-state index in [0.717, 1.165) is 11.1 Å². The minimum Gasteiger partial charge on any atom is -0.392 e. The molecule has 102 valence electrons. The van der Waals surface area contributed by atoms with Gasteiger partial charge in [-0.05, 0) is 46.5 Å². The second kappa shape index (κ2) is 5.73. The minimum absolute atomic E-state index is 0.254. The Morgan fingerprint density at radius 3 is 2.75 bits per heavy atom. The third-order valence-corrected chi connectivity index (χ3v) is 4.39. The number of hydrogen-bond donors (Lipinski definition) is 1. The number of aliphatic hydroxyl groups excluding tert-OH is 1. The van der Waals surface area contributed by atoms with Crippen molar-refractivity contribution < 1.29 is 9.50 Å². The molecular weight excluding hydrogens is 271 g/mol. The van der Waals surface area contributed by atoms with Crippen molar-refractivity contribution in [2.24, 2.45) is 0 Å². The largest absolute Gasteiger partial charge is 0.392 e. The van der Waals surface area contributed by atoms with Crippen molar-refractivity contribution in [2.75, 3.05) is 0 Å². The Balaban J connectivity index is 1.74. The van der Waals surface area contributed by atoms with Crippen LogP contribution in [0, 0.1) is 5.82 Å². The molecule has 0 amide bonds. The van der Waals surface area contributed by atoms with E-state index in [1.54, 1.807) is 17.4 Å². The van der Waals surface area contributed by atoms with Crippen LogP contribution >= 0.6 is 11.3 Å².